The molecule has 132 valence electrons. The second-order valence-electron chi connectivity index (χ2n) is 8.87. The number of nitrogens with zero attached hydrogens (tertiary/aromatic N) is 2. The van der Waals surface area contributed by atoms with E-state index in [9.17, 15) is 5.21 Å². The minimum absolute atomic E-state index is 0.270. The third-order valence-electron chi connectivity index (χ3n) is 6.08. The topological polar surface area (TPSA) is 41.1 Å². The maximum absolute atomic E-state index is 11.9. The fourth-order valence-corrected chi connectivity index (χ4v) is 4.47. The SMILES string of the molecule is Cn1c[n+]([O-])c2cccc(C3CC(CO[Si](C)(C)C(C)(C)C)C3)c21. The zero-order valence-corrected chi connectivity index (χ0v) is 16.8. The molecule has 0 atom stereocenters. The Kier molecular flexibility index (Phi) is 4.29. The monoisotopic (exact) mass is 346 g/mol. The minimum Gasteiger partial charge on any atom is -0.710 e. The van der Waals surface area contributed by atoms with Crippen LogP contribution in [0.4, 0.5) is 0 Å². The van der Waals surface area contributed by atoms with Crippen LogP contribution in [0.5, 0.6) is 0 Å². The molecule has 0 N–H and O–H groups in total. The van der Waals surface area contributed by atoms with E-state index in [-0.39, 0.29) is 5.04 Å². The Morgan fingerprint density at radius 3 is 2.58 bits per heavy atom. The molecule has 0 aliphatic heterocycles. The van der Waals surface area contributed by atoms with Gasteiger partial charge in [-0.1, -0.05) is 32.9 Å². The maximum Gasteiger partial charge on any atom is 0.247 e. The molecule has 1 aliphatic carbocycles. The quantitative estimate of drug-likeness (QED) is 0.470. The van der Waals surface area contributed by atoms with E-state index in [1.54, 1.807) is 6.33 Å². The highest BCUT2D eigenvalue weighted by atomic mass is 28.4. The molecule has 24 heavy (non-hydrogen) atoms. The van der Waals surface area contributed by atoms with Crippen LogP contribution in [0.15, 0.2) is 24.5 Å². The van der Waals surface area contributed by atoms with Crippen molar-refractivity contribution in [1.29, 1.82) is 0 Å². The summed E-state index contributed by atoms with van der Waals surface area (Å²) in [6.45, 7) is 12.4. The molecule has 5 heteroatoms. The van der Waals surface area contributed by atoms with Gasteiger partial charge >= 0.3 is 0 Å². The van der Waals surface area contributed by atoms with Crippen molar-refractivity contribution in [1.82, 2.24) is 4.57 Å². The highest BCUT2D eigenvalue weighted by molar-refractivity contribution is 6.74. The Hall–Kier alpha value is -1.33. The zero-order valence-electron chi connectivity index (χ0n) is 15.8. The molecule has 4 nitrogen and oxygen atoms in total. The van der Waals surface area contributed by atoms with Crippen molar-refractivity contribution in [2.45, 2.75) is 57.7 Å². The lowest BCUT2D eigenvalue weighted by molar-refractivity contribution is -0.577. The van der Waals surface area contributed by atoms with Crippen molar-refractivity contribution in [2.75, 3.05) is 6.61 Å². The van der Waals surface area contributed by atoms with Gasteiger partial charge in [-0.15, -0.1) is 0 Å². The summed E-state index contributed by atoms with van der Waals surface area (Å²) in [7, 11) is 0.306. The van der Waals surface area contributed by atoms with Gasteiger partial charge in [-0.25, -0.2) is 9.30 Å². The highest BCUT2D eigenvalue weighted by Crippen LogP contribution is 2.45. The molecule has 1 aliphatic rings. The molecular weight excluding hydrogens is 316 g/mol. The summed E-state index contributed by atoms with van der Waals surface area (Å²) in [4.78, 5) is 0. The number of hydrogen-bond donors (Lipinski definition) is 0. The first-order valence-corrected chi connectivity index (χ1v) is 11.8. The molecule has 0 saturated heterocycles. The second-order valence-corrected chi connectivity index (χ2v) is 13.7. The Balaban J connectivity index is 1.66. The molecule has 1 aromatic heterocycles. The van der Waals surface area contributed by atoms with E-state index in [0.717, 1.165) is 35.2 Å². The summed E-state index contributed by atoms with van der Waals surface area (Å²) in [5.41, 5.74) is 3.17. The van der Waals surface area contributed by atoms with Gasteiger partial charge in [0.15, 0.2) is 19.4 Å². The number of rotatable bonds is 4. The van der Waals surface area contributed by atoms with Crippen molar-refractivity contribution in [3.63, 3.8) is 0 Å². The number of para-hydroxylation sites is 1. The first kappa shape index (κ1) is 17.5. The Labute approximate surface area is 146 Å². The van der Waals surface area contributed by atoms with Crippen LogP contribution in [0.1, 0.15) is 45.1 Å². The first-order valence-electron chi connectivity index (χ1n) is 8.91. The molecule has 0 amide bonds. The van der Waals surface area contributed by atoms with Gasteiger partial charge in [0.2, 0.25) is 6.33 Å². The third kappa shape index (κ3) is 2.99. The Morgan fingerprint density at radius 2 is 1.96 bits per heavy atom. The minimum atomic E-state index is -1.65. The molecule has 0 spiro atoms. The van der Waals surface area contributed by atoms with Crippen molar-refractivity contribution in [2.24, 2.45) is 13.0 Å². The van der Waals surface area contributed by atoms with Crippen LogP contribution in [-0.4, -0.2) is 19.5 Å². The van der Waals surface area contributed by atoms with Crippen LogP contribution in [0, 0.1) is 11.1 Å². The number of fused-ring (bicyclic) bond motifs is 1. The largest absolute Gasteiger partial charge is 0.710 e. The van der Waals surface area contributed by atoms with Gasteiger partial charge in [-0.2, -0.15) is 0 Å². The Morgan fingerprint density at radius 1 is 1.29 bits per heavy atom. The lowest BCUT2D eigenvalue weighted by atomic mass is 9.71. The molecular formula is C19H30N2O2Si. The average Bonchev–Trinajstić information content (AvgIpc) is 2.72. The van der Waals surface area contributed by atoms with E-state index < -0.39 is 8.32 Å². The van der Waals surface area contributed by atoms with Gasteiger partial charge in [0.25, 0.3) is 0 Å². The maximum atomic E-state index is 11.9. The predicted molar refractivity (Wildman–Crippen MR) is 100 cm³/mol. The molecule has 0 radical (unpaired) electrons. The van der Waals surface area contributed by atoms with Gasteiger partial charge in [0.05, 0.1) is 7.05 Å². The smallest absolute Gasteiger partial charge is 0.247 e. The fraction of sp³-hybridized carbons (Fsp3) is 0.632. The van der Waals surface area contributed by atoms with Crippen LogP contribution in [0.3, 0.4) is 0 Å². The van der Waals surface area contributed by atoms with E-state index in [2.05, 4.69) is 39.9 Å². The highest BCUT2D eigenvalue weighted by Gasteiger charge is 2.40. The molecule has 1 saturated carbocycles. The molecule has 1 heterocycles. The number of aryl methyl sites for hydroxylation is 1. The number of hydrogen-bond acceptors (Lipinski definition) is 2. The summed E-state index contributed by atoms with van der Waals surface area (Å²) < 4.78 is 9.30. The van der Waals surface area contributed by atoms with Crippen molar-refractivity contribution < 1.29 is 9.16 Å². The summed E-state index contributed by atoms with van der Waals surface area (Å²) in [6.07, 6.45) is 3.94. The molecule has 1 aromatic carbocycles. The number of benzene rings is 1. The van der Waals surface area contributed by atoms with E-state index in [0.29, 0.717) is 11.8 Å². The van der Waals surface area contributed by atoms with Gasteiger partial charge in [0, 0.05) is 12.2 Å². The lowest BCUT2D eigenvalue weighted by Crippen LogP contribution is -2.43. The van der Waals surface area contributed by atoms with E-state index >= 15 is 0 Å². The normalized spacial score (nSPS) is 21.9. The van der Waals surface area contributed by atoms with E-state index in [1.807, 2.05) is 23.7 Å². The molecule has 0 unspecified atom stereocenters. The van der Waals surface area contributed by atoms with Crippen molar-refractivity contribution in [3.8, 4) is 0 Å². The third-order valence-corrected chi connectivity index (χ3v) is 10.6. The van der Waals surface area contributed by atoms with Gasteiger partial charge in [-0.05, 0) is 48.9 Å². The van der Waals surface area contributed by atoms with Crippen LogP contribution >= 0.6 is 0 Å². The molecule has 1 fully saturated rings. The standard InChI is InChI=1S/C19H30N2O2Si/c1-19(2,3)24(5,6)23-12-14-10-15(11-14)16-8-7-9-17-18(16)20(4)13-21(17)22/h7-9,13-15H,10-12H2,1-6H3. The van der Waals surface area contributed by atoms with Crippen LogP contribution in [-0.2, 0) is 11.5 Å². The average molecular weight is 347 g/mol. The zero-order chi connectivity index (χ0) is 17.7. The molecule has 2 aromatic rings. The summed E-state index contributed by atoms with van der Waals surface area (Å²) in [5, 5.41) is 12.2. The fourth-order valence-electron chi connectivity index (χ4n) is 3.39. The van der Waals surface area contributed by atoms with Crippen molar-refractivity contribution in [3.05, 3.63) is 35.3 Å². The summed E-state index contributed by atoms with van der Waals surface area (Å²) in [5.74, 6) is 1.20. The predicted octanol–water partition coefficient (Wildman–Crippen LogP) is 4.33. The van der Waals surface area contributed by atoms with E-state index in [4.69, 9.17) is 4.43 Å². The van der Waals surface area contributed by atoms with Crippen LogP contribution < -0.4 is 4.73 Å². The van der Waals surface area contributed by atoms with Gasteiger partial charge in [0.1, 0.15) is 0 Å². The summed E-state index contributed by atoms with van der Waals surface area (Å²) in [6, 6.07) is 6.09. The molecule has 0 bridgehead atoms. The van der Waals surface area contributed by atoms with Gasteiger partial charge < -0.3 is 9.63 Å². The van der Waals surface area contributed by atoms with Gasteiger partial charge in [-0.3, -0.25) is 0 Å². The summed E-state index contributed by atoms with van der Waals surface area (Å²) >= 11 is 0. The lowest BCUT2D eigenvalue weighted by Gasteiger charge is -2.41. The number of imidazole rings is 1. The Bertz CT molecular complexity index is 740. The van der Waals surface area contributed by atoms with Crippen LogP contribution in [0.25, 0.3) is 11.0 Å². The van der Waals surface area contributed by atoms with E-state index in [1.165, 1.54) is 5.56 Å². The molecule has 3 rings (SSSR count). The number of aromatic nitrogens is 2. The second kappa shape index (κ2) is 5.88. The first-order chi connectivity index (χ1) is 11.1. The van der Waals surface area contributed by atoms with Crippen molar-refractivity contribution >= 4 is 19.4 Å². The van der Waals surface area contributed by atoms with Crippen LogP contribution in [0.2, 0.25) is 18.1 Å².